The Balaban J connectivity index is 1.61. The molecular formula is C19H22N6. The van der Waals surface area contributed by atoms with Gasteiger partial charge in [0.15, 0.2) is 0 Å². The molecule has 1 spiro atoms. The maximum Gasteiger partial charge on any atom is 0.254 e. The van der Waals surface area contributed by atoms with E-state index < -0.39 is 0 Å². The average molecular weight is 334 g/mol. The topological polar surface area (TPSA) is 58.4 Å². The van der Waals surface area contributed by atoms with Gasteiger partial charge in [0.1, 0.15) is 12.1 Å². The molecule has 1 aromatic carbocycles. The fraction of sp³-hybridized carbons (Fsp3) is 0.421. The molecular weight excluding hydrogens is 312 g/mol. The van der Waals surface area contributed by atoms with Crippen LogP contribution >= 0.6 is 0 Å². The monoisotopic (exact) mass is 334 g/mol. The predicted octanol–water partition coefficient (Wildman–Crippen LogP) is 2.57. The molecule has 25 heavy (non-hydrogen) atoms. The van der Waals surface area contributed by atoms with Gasteiger partial charge >= 0.3 is 0 Å². The van der Waals surface area contributed by atoms with Gasteiger partial charge in [-0.05, 0) is 31.4 Å². The van der Waals surface area contributed by atoms with E-state index in [0.717, 1.165) is 38.2 Å². The van der Waals surface area contributed by atoms with E-state index in [1.165, 1.54) is 22.6 Å². The maximum atomic E-state index is 4.61. The molecule has 1 atom stereocenters. The number of hydrogen-bond donors (Lipinski definition) is 1. The number of hydrogen-bond acceptors (Lipinski definition) is 5. The van der Waals surface area contributed by atoms with Crippen molar-refractivity contribution in [3.05, 3.63) is 47.4 Å². The molecule has 6 heteroatoms. The Morgan fingerprint density at radius 2 is 2.16 bits per heavy atom. The van der Waals surface area contributed by atoms with Gasteiger partial charge in [0.25, 0.3) is 5.78 Å². The molecule has 2 aromatic heterocycles. The van der Waals surface area contributed by atoms with Crippen LogP contribution in [0.3, 0.4) is 0 Å². The molecule has 6 nitrogen and oxygen atoms in total. The third-order valence-electron chi connectivity index (χ3n) is 5.83. The van der Waals surface area contributed by atoms with Crippen molar-refractivity contribution in [3.8, 4) is 0 Å². The summed E-state index contributed by atoms with van der Waals surface area (Å²) >= 11 is 0. The van der Waals surface area contributed by atoms with Crippen LogP contribution in [-0.4, -0.2) is 39.2 Å². The van der Waals surface area contributed by atoms with Gasteiger partial charge in [-0.3, -0.25) is 0 Å². The van der Waals surface area contributed by atoms with Crippen LogP contribution < -0.4 is 10.2 Å². The summed E-state index contributed by atoms with van der Waals surface area (Å²) in [6.45, 7) is 7.31. The first-order chi connectivity index (χ1) is 12.2. The Bertz CT molecular complexity index is 962. The highest BCUT2D eigenvalue weighted by Crippen LogP contribution is 2.44. The lowest BCUT2D eigenvalue weighted by Gasteiger charge is -2.27. The minimum Gasteiger partial charge on any atom is -0.384 e. The van der Waals surface area contributed by atoms with E-state index in [1.54, 1.807) is 6.33 Å². The van der Waals surface area contributed by atoms with Crippen molar-refractivity contribution in [2.24, 2.45) is 0 Å². The van der Waals surface area contributed by atoms with E-state index in [4.69, 9.17) is 0 Å². The van der Waals surface area contributed by atoms with Gasteiger partial charge in [-0.15, -0.1) is 0 Å². The lowest BCUT2D eigenvalue weighted by Crippen LogP contribution is -2.34. The molecule has 2 aliphatic heterocycles. The van der Waals surface area contributed by atoms with Crippen molar-refractivity contribution in [1.82, 2.24) is 19.6 Å². The van der Waals surface area contributed by atoms with Crippen LogP contribution in [-0.2, 0) is 11.8 Å². The number of nitrogens with zero attached hydrogens (tertiary/aromatic N) is 5. The summed E-state index contributed by atoms with van der Waals surface area (Å²) in [7, 11) is 0. The number of nitrogens with one attached hydrogen (secondary N) is 1. The Morgan fingerprint density at radius 3 is 3.04 bits per heavy atom. The summed E-state index contributed by atoms with van der Waals surface area (Å²) in [5.74, 6) is 1.86. The van der Waals surface area contributed by atoms with E-state index in [1.807, 2.05) is 4.52 Å². The normalized spacial score (nSPS) is 21.9. The van der Waals surface area contributed by atoms with Gasteiger partial charge in [0, 0.05) is 42.0 Å². The molecule has 128 valence electrons. The van der Waals surface area contributed by atoms with Gasteiger partial charge in [0.2, 0.25) is 0 Å². The minimum atomic E-state index is 0.186. The van der Waals surface area contributed by atoms with Gasteiger partial charge in [-0.25, -0.2) is 4.98 Å². The zero-order valence-electron chi connectivity index (χ0n) is 14.7. The highest BCUT2D eigenvalue weighted by atomic mass is 15.4. The third-order valence-corrected chi connectivity index (χ3v) is 5.83. The second-order valence-corrected chi connectivity index (χ2v) is 7.18. The number of rotatable bonds is 2. The van der Waals surface area contributed by atoms with Crippen LogP contribution in [0, 0.1) is 6.92 Å². The fourth-order valence-electron chi connectivity index (χ4n) is 4.58. The van der Waals surface area contributed by atoms with Crippen molar-refractivity contribution in [3.63, 3.8) is 0 Å². The second kappa shape index (κ2) is 5.18. The van der Waals surface area contributed by atoms with Crippen LogP contribution in [0.4, 0.5) is 11.5 Å². The molecule has 2 aliphatic rings. The molecule has 1 saturated heterocycles. The van der Waals surface area contributed by atoms with E-state index in [-0.39, 0.29) is 5.41 Å². The van der Waals surface area contributed by atoms with E-state index in [0.29, 0.717) is 5.78 Å². The zero-order chi connectivity index (χ0) is 17.0. The molecule has 0 radical (unpaired) electrons. The molecule has 0 saturated carbocycles. The van der Waals surface area contributed by atoms with E-state index in [9.17, 15) is 0 Å². The first kappa shape index (κ1) is 14.7. The molecule has 4 heterocycles. The number of aromatic nitrogens is 4. The summed E-state index contributed by atoms with van der Waals surface area (Å²) in [5.41, 5.74) is 5.26. The van der Waals surface area contributed by atoms with Crippen LogP contribution in [0.1, 0.15) is 30.2 Å². The van der Waals surface area contributed by atoms with Crippen molar-refractivity contribution in [2.75, 3.05) is 29.9 Å². The molecule has 1 unspecified atom stereocenters. The van der Waals surface area contributed by atoms with Gasteiger partial charge in [-0.2, -0.15) is 14.6 Å². The maximum absolute atomic E-state index is 4.61. The van der Waals surface area contributed by atoms with Crippen molar-refractivity contribution < 1.29 is 0 Å². The van der Waals surface area contributed by atoms with Crippen LogP contribution in [0.2, 0.25) is 0 Å². The summed E-state index contributed by atoms with van der Waals surface area (Å²) in [5, 5.41) is 8.06. The smallest absolute Gasteiger partial charge is 0.254 e. The minimum absolute atomic E-state index is 0.186. The molecule has 3 aromatic rings. The van der Waals surface area contributed by atoms with Crippen molar-refractivity contribution >= 4 is 17.3 Å². The summed E-state index contributed by atoms with van der Waals surface area (Å²) < 4.78 is 1.92. The Morgan fingerprint density at radius 1 is 1.28 bits per heavy atom. The summed E-state index contributed by atoms with van der Waals surface area (Å²) in [4.78, 5) is 11.4. The highest BCUT2D eigenvalue weighted by molar-refractivity contribution is 5.64. The standard InChI is InChI=1S/C19H22N6/c1-3-14-13(2)23-18-21-12-22-25(18)17(14)24-9-8-19(11-24)10-20-16-7-5-4-6-15(16)19/h4-7,12,20H,3,8-11H2,1-2H3. The third kappa shape index (κ3) is 2.00. The van der Waals surface area contributed by atoms with E-state index >= 15 is 0 Å². The van der Waals surface area contributed by atoms with Gasteiger partial charge < -0.3 is 10.2 Å². The highest BCUT2D eigenvalue weighted by Gasteiger charge is 2.45. The fourth-order valence-corrected chi connectivity index (χ4v) is 4.58. The van der Waals surface area contributed by atoms with Gasteiger partial charge in [0.05, 0.1) is 0 Å². The first-order valence-corrected chi connectivity index (χ1v) is 8.99. The first-order valence-electron chi connectivity index (χ1n) is 8.99. The molecule has 0 amide bonds. The molecule has 0 bridgehead atoms. The van der Waals surface area contributed by atoms with Crippen molar-refractivity contribution in [2.45, 2.75) is 32.1 Å². The zero-order valence-corrected chi connectivity index (χ0v) is 14.7. The Kier molecular flexibility index (Phi) is 3.04. The predicted molar refractivity (Wildman–Crippen MR) is 98.3 cm³/mol. The van der Waals surface area contributed by atoms with E-state index in [2.05, 4.69) is 63.4 Å². The van der Waals surface area contributed by atoms with Crippen LogP contribution in [0.5, 0.6) is 0 Å². The van der Waals surface area contributed by atoms with Crippen LogP contribution in [0.25, 0.3) is 5.78 Å². The summed E-state index contributed by atoms with van der Waals surface area (Å²) in [6.07, 6.45) is 3.70. The summed E-state index contributed by atoms with van der Waals surface area (Å²) in [6, 6.07) is 8.73. The quantitative estimate of drug-likeness (QED) is 0.780. The number of fused-ring (bicyclic) bond motifs is 3. The second-order valence-electron chi connectivity index (χ2n) is 7.18. The molecule has 5 rings (SSSR count). The number of anilines is 2. The molecule has 1 N–H and O–H groups in total. The Labute approximate surface area is 146 Å². The van der Waals surface area contributed by atoms with Crippen LogP contribution in [0.15, 0.2) is 30.6 Å². The molecule has 0 aliphatic carbocycles. The van der Waals surface area contributed by atoms with Crippen molar-refractivity contribution in [1.29, 1.82) is 0 Å². The lowest BCUT2D eigenvalue weighted by molar-refractivity contribution is 0.527. The molecule has 1 fully saturated rings. The lowest BCUT2D eigenvalue weighted by atomic mass is 9.82. The number of aryl methyl sites for hydroxylation is 1. The largest absolute Gasteiger partial charge is 0.384 e. The average Bonchev–Trinajstić information content (AvgIpc) is 3.34. The van der Waals surface area contributed by atoms with Gasteiger partial charge in [-0.1, -0.05) is 25.1 Å². The Hall–Kier alpha value is -2.63. The number of para-hydroxylation sites is 1. The number of benzene rings is 1. The SMILES string of the molecule is CCc1c(C)nc2ncnn2c1N1CCC2(CNc3ccccc32)C1.